The first kappa shape index (κ1) is 28.4. The molecule has 0 aliphatic carbocycles. The summed E-state index contributed by atoms with van der Waals surface area (Å²) in [7, 11) is 0. The fraction of sp³-hybridized carbons (Fsp3) is 0. The molecule has 0 saturated heterocycles. The number of para-hydroxylation sites is 3. The summed E-state index contributed by atoms with van der Waals surface area (Å²) in [6.07, 6.45) is 0. The second-order valence-electron chi connectivity index (χ2n) is 12.9. The van der Waals surface area contributed by atoms with Crippen molar-refractivity contribution in [2.75, 3.05) is 0 Å². The van der Waals surface area contributed by atoms with Gasteiger partial charge in [0, 0.05) is 32.9 Å². The Kier molecular flexibility index (Phi) is 6.53. The number of rotatable bonds is 5. The molecule has 2 aromatic heterocycles. The molecule has 0 amide bonds. The van der Waals surface area contributed by atoms with Crippen molar-refractivity contribution in [3.05, 3.63) is 194 Å². The van der Waals surface area contributed by atoms with Crippen molar-refractivity contribution in [1.29, 1.82) is 0 Å². The Morgan fingerprint density at radius 1 is 0.260 bits per heavy atom. The third kappa shape index (κ3) is 4.43. The van der Waals surface area contributed by atoms with Gasteiger partial charge in [0.15, 0.2) is 0 Å². The number of nitrogens with zero attached hydrogens (tertiary/aromatic N) is 2. The van der Waals surface area contributed by atoms with Crippen molar-refractivity contribution >= 4 is 43.6 Å². The Hall–Kier alpha value is -6.64. The summed E-state index contributed by atoms with van der Waals surface area (Å²) in [5.74, 6) is 0. The van der Waals surface area contributed by atoms with Crippen molar-refractivity contribution in [2.24, 2.45) is 0 Å². The SMILES string of the molecule is c1ccc(-c2ccc(-n3c4ccccc4c4cc(-c5cccc6c5c5ccccc5n6-c5ccccc5)ccc43)cc2-c2ccccc2)cc1. The second kappa shape index (κ2) is 11.5. The molecule has 234 valence electrons. The van der Waals surface area contributed by atoms with Gasteiger partial charge in [-0.2, -0.15) is 0 Å². The summed E-state index contributed by atoms with van der Waals surface area (Å²) in [6.45, 7) is 0. The smallest absolute Gasteiger partial charge is 0.0547 e. The van der Waals surface area contributed by atoms with Crippen LogP contribution in [0.15, 0.2) is 194 Å². The first-order valence-electron chi connectivity index (χ1n) is 17.2. The van der Waals surface area contributed by atoms with Crippen LogP contribution in [0.25, 0.3) is 88.4 Å². The van der Waals surface area contributed by atoms with Crippen molar-refractivity contribution in [2.45, 2.75) is 0 Å². The van der Waals surface area contributed by atoms with Gasteiger partial charge in [-0.05, 0) is 88.0 Å². The maximum Gasteiger partial charge on any atom is 0.0547 e. The number of hydrogen-bond acceptors (Lipinski definition) is 0. The number of hydrogen-bond donors (Lipinski definition) is 0. The van der Waals surface area contributed by atoms with Crippen LogP contribution in [0.1, 0.15) is 0 Å². The minimum Gasteiger partial charge on any atom is -0.309 e. The highest BCUT2D eigenvalue weighted by Gasteiger charge is 2.19. The standard InChI is InChI=1S/C48H32N2/c1-4-15-33(16-5-1)38-29-28-37(32-42(38)34-17-6-2-7-18-34)50-44-24-12-10-21-40(44)43-31-35(27-30-46(43)50)39-23-14-26-47-48(39)41-22-11-13-25-45(41)49(47)36-19-8-3-9-20-36/h1-32H. The summed E-state index contributed by atoms with van der Waals surface area (Å²) in [5, 5.41) is 5.03. The molecule has 0 aliphatic rings. The monoisotopic (exact) mass is 636 g/mol. The fourth-order valence-electron chi connectivity index (χ4n) is 7.93. The normalized spacial score (nSPS) is 11.6. The molecule has 0 spiro atoms. The van der Waals surface area contributed by atoms with Gasteiger partial charge in [0.05, 0.1) is 22.1 Å². The Morgan fingerprint density at radius 2 is 0.820 bits per heavy atom. The molecule has 8 aromatic carbocycles. The molecule has 10 rings (SSSR count). The van der Waals surface area contributed by atoms with E-state index in [1.807, 2.05) is 0 Å². The molecule has 0 fully saturated rings. The maximum atomic E-state index is 2.43. The molecule has 2 heteroatoms. The van der Waals surface area contributed by atoms with E-state index < -0.39 is 0 Å². The maximum absolute atomic E-state index is 2.43. The van der Waals surface area contributed by atoms with Gasteiger partial charge in [0.1, 0.15) is 0 Å². The molecule has 0 atom stereocenters. The lowest BCUT2D eigenvalue weighted by Crippen LogP contribution is -1.96. The van der Waals surface area contributed by atoms with E-state index in [9.17, 15) is 0 Å². The lowest BCUT2D eigenvalue weighted by atomic mass is 9.94. The minimum atomic E-state index is 1.15. The molecular formula is C48H32N2. The van der Waals surface area contributed by atoms with Crippen LogP contribution in [0.5, 0.6) is 0 Å². The van der Waals surface area contributed by atoms with E-state index in [1.54, 1.807) is 0 Å². The van der Waals surface area contributed by atoms with E-state index in [0.717, 1.165) is 5.69 Å². The van der Waals surface area contributed by atoms with Gasteiger partial charge in [0.2, 0.25) is 0 Å². The third-order valence-electron chi connectivity index (χ3n) is 10.1. The van der Waals surface area contributed by atoms with E-state index in [0.29, 0.717) is 0 Å². The first-order valence-corrected chi connectivity index (χ1v) is 17.2. The topological polar surface area (TPSA) is 9.86 Å². The zero-order valence-electron chi connectivity index (χ0n) is 27.4. The molecule has 0 unspecified atom stereocenters. The van der Waals surface area contributed by atoms with Gasteiger partial charge in [-0.3, -0.25) is 0 Å². The van der Waals surface area contributed by atoms with Gasteiger partial charge < -0.3 is 9.13 Å². The van der Waals surface area contributed by atoms with Crippen LogP contribution in [0.2, 0.25) is 0 Å². The van der Waals surface area contributed by atoms with Gasteiger partial charge >= 0.3 is 0 Å². The largest absolute Gasteiger partial charge is 0.309 e. The molecular weight excluding hydrogens is 605 g/mol. The molecule has 10 aromatic rings. The Morgan fingerprint density at radius 3 is 1.56 bits per heavy atom. The summed E-state index contributed by atoms with van der Waals surface area (Å²) >= 11 is 0. The Balaban J connectivity index is 1.20. The highest BCUT2D eigenvalue weighted by atomic mass is 15.0. The lowest BCUT2D eigenvalue weighted by molar-refractivity contribution is 1.18. The molecule has 0 bridgehead atoms. The van der Waals surface area contributed by atoms with Crippen molar-refractivity contribution in [3.8, 4) is 44.8 Å². The van der Waals surface area contributed by atoms with E-state index in [2.05, 4.69) is 203 Å². The molecule has 0 saturated carbocycles. The minimum absolute atomic E-state index is 1.15. The van der Waals surface area contributed by atoms with Gasteiger partial charge in [-0.25, -0.2) is 0 Å². The number of fused-ring (bicyclic) bond motifs is 6. The van der Waals surface area contributed by atoms with E-state index in [1.165, 1.54) is 82.7 Å². The first-order chi connectivity index (χ1) is 24.8. The Bertz CT molecular complexity index is 2840. The number of benzene rings is 8. The van der Waals surface area contributed by atoms with Crippen LogP contribution in [-0.2, 0) is 0 Å². The molecule has 50 heavy (non-hydrogen) atoms. The van der Waals surface area contributed by atoms with Crippen molar-refractivity contribution in [3.63, 3.8) is 0 Å². The van der Waals surface area contributed by atoms with Crippen LogP contribution in [0, 0.1) is 0 Å². The average molecular weight is 637 g/mol. The third-order valence-corrected chi connectivity index (χ3v) is 10.1. The quantitative estimate of drug-likeness (QED) is 0.178. The summed E-state index contributed by atoms with van der Waals surface area (Å²) < 4.78 is 4.82. The molecule has 2 nitrogen and oxygen atoms in total. The second-order valence-corrected chi connectivity index (χ2v) is 12.9. The average Bonchev–Trinajstić information content (AvgIpc) is 3.71. The van der Waals surface area contributed by atoms with Crippen LogP contribution >= 0.6 is 0 Å². The summed E-state index contributed by atoms with van der Waals surface area (Å²) in [5.41, 5.74) is 14.5. The predicted octanol–water partition coefficient (Wildman–Crippen LogP) is 12.9. The summed E-state index contributed by atoms with van der Waals surface area (Å²) in [6, 6.07) is 70.4. The van der Waals surface area contributed by atoms with E-state index >= 15 is 0 Å². The van der Waals surface area contributed by atoms with Gasteiger partial charge in [-0.15, -0.1) is 0 Å². The zero-order chi connectivity index (χ0) is 33.0. The van der Waals surface area contributed by atoms with Crippen LogP contribution in [-0.4, -0.2) is 9.13 Å². The zero-order valence-corrected chi connectivity index (χ0v) is 27.4. The van der Waals surface area contributed by atoms with Crippen LogP contribution < -0.4 is 0 Å². The highest BCUT2D eigenvalue weighted by Crippen LogP contribution is 2.42. The van der Waals surface area contributed by atoms with E-state index in [-0.39, 0.29) is 0 Å². The van der Waals surface area contributed by atoms with Crippen LogP contribution in [0.3, 0.4) is 0 Å². The Labute approximate surface area is 290 Å². The van der Waals surface area contributed by atoms with Crippen molar-refractivity contribution in [1.82, 2.24) is 9.13 Å². The molecule has 0 aliphatic heterocycles. The highest BCUT2D eigenvalue weighted by molar-refractivity contribution is 6.17. The molecule has 2 heterocycles. The van der Waals surface area contributed by atoms with Gasteiger partial charge in [0.25, 0.3) is 0 Å². The van der Waals surface area contributed by atoms with E-state index in [4.69, 9.17) is 0 Å². The number of aromatic nitrogens is 2. The lowest BCUT2D eigenvalue weighted by Gasteiger charge is -2.15. The predicted molar refractivity (Wildman–Crippen MR) is 211 cm³/mol. The summed E-state index contributed by atoms with van der Waals surface area (Å²) in [4.78, 5) is 0. The van der Waals surface area contributed by atoms with Crippen LogP contribution in [0.4, 0.5) is 0 Å². The van der Waals surface area contributed by atoms with Gasteiger partial charge in [-0.1, -0.05) is 140 Å². The fourth-order valence-corrected chi connectivity index (χ4v) is 7.93. The van der Waals surface area contributed by atoms with Crippen molar-refractivity contribution < 1.29 is 0 Å². The molecule has 0 radical (unpaired) electrons. The molecule has 0 N–H and O–H groups in total.